The summed E-state index contributed by atoms with van der Waals surface area (Å²) < 4.78 is 29.0. The highest BCUT2D eigenvalue weighted by Crippen LogP contribution is 2.15. The normalized spacial score (nSPS) is 8.31. The number of benzene rings is 1. The van der Waals surface area contributed by atoms with E-state index >= 15 is 0 Å². The van der Waals surface area contributed by atoms with Gasteiger partial charge in [-0.3, -0.25) is 23.1 Å². The standard InChI is InChI=1S/C8H9NO2.BF3.FH/c1-6-3-4-8(9(10)11)5-7(6)2;2-1(3)4;/h3-5H,1-2H3;;1H/p-1. The maximum Gasteiger partial charge on any atom is 0.762 e. The molecule has 0 saturated heterocycles. The zero-order valence-electron chi connectivity index (χ0n) is 8.58. The first-order chi connectivity index (χ1) is 6.84. The van der Waals surface area contributed by atoms with Crippen molar-refractivity contribution < 1.29 is 22.6 Å². The van der Waals surface area contributed by atoms with E-state index in [0.29, 0.717) is 0 Å². The van der Waals surface area contributed by atoms with Gasteiger partial charge in [0.15, 0.2) is 0 Å². The molecule has 0 saturated carbocycles. The molecular formula is C8H9BF4NO2-. The van der Waals surface area contributed by atoms with E-state index < -0.39 is 7.54 Å². The van der Waals surface area contributed by atoms with Gasteiger partial charge in [0, 0.05) is 12.1 Å². The van der Waals surface area contributed by atoms with Gasteiger partial charge in [-0.15, -0.1) is 0 Å². The number of hydrogen-bond acceptors (Lipinski definition) is 2. The lowest BCUT2D eigenvalue weighted by atomic mass is 10.1. The van der Waals surface area contributed by atoms with Gasteiger partial charge in [-0.2, -0.15) is 0 Å². The number of hydrogen-bond donors (Lipinski definition) is 0. The van der Waals surface area contributed by atoms with Crippen LogP contribution < -0.4 is 4.70 Å². The van der Waals surface area contributed by atoms with Gasteiger partial charge in [-0.05, 0) is 25.0 Å². The van der Waals surface area contributed by atoms with Crippen LogP contribution in [0.1, 0.15) is 11.1 Å². The van der Waals surface area contributed by atoms with E-state index in [9.17, 15) is 23.1 Å². The lowest BCUT2D eigenvalue weighted by Crippen LogP contribution is -3.00. The zero-order valence-corrected chi connectivity index (χ0v) is 8.58. The van der Waals surface area contributed by atoms with Gasteiger partial charge in [0.05, 0.1) is 4.92 Å². The van der Waals surface area contributed by atoms with Crippen LogP contribution in [0.25, 0.3) is 0 Å². The molecule has 0 unspecified atom stereocenters. The summed E-state index contributed by atoms with van der Waals surface area (Å²) in [6, 6.07) is 4.85. The highest BCUT2D eigenvalue weighted by molar-refractivity contribution is 6.33. The third kappa shape index (κ3) is 6.80. The molecule has 0 atom stereocenters. The average molecular weight is 238 g/mol. The number of nitrogens with zero attached hydrogens (tertiary/aromatic N) is 1. The molecule has 1 aromatic carbocycles. The number of halogens is 4. The molecule has 0 N–H and O–H groups in total. The van der Waals surface area contributed by atoms with E-state index in [0.717, 1.165) is 11.1 Å². The summed E-state index contributed by atoms with van der Waals surface area (Å²) in [5, 5.41) is 10.3. The van der Waals surface area contributed by atoms with Crippen LogP contribution in [0, 0.1) is 24.0 Å². The monoisotopic (exact) mass is 238 g/mol. The maximum atomic E-state index is 10.3. The predicted molar refractivity (Wildman–Crippen MR) is 51.6 cm³/mol. The van der Waals surface area contributed by atoms with Crippen molar-refractivity contribution in [3.05, 3.63) is 39.4 Å². The smallest absolute Gasteiger partial charge is 0.762 e. The first-order valence-corrected chi connectivity index (χ1v) is 3.98. The van der Waals surface area contributed by atoms with E-state index in [1.54, 1.807) is 12.1 Å². The van der Waals surface area contributed by atoms with Crippen molar-refractivity contribution in [3.63, 3.8) is 0 Å². The highest BCUT2D eigenvalue weighted by atomic mass is 19.4. The number of nitro groups is 1. The van der Waals surface area contributed by atoms with E-state index in [1.165, 1.54) is 6.07 Å². The lowest BCUT2D eigenvalue weighted by molar-refractivity contribution is -0.384. The number of nitro benzene ring substituents is 1. The molecule has 0 radical (unpaired) electrons. The van der Waals surface area contributed by atoms with Crippen molar-refractivity contribution in [2.45, 2.75) is 13.8 Å². The fourth-order valence-electron chi connectivity index (χ4n) is 0.839. The van der Waals surface area contributed by atoms with Crippen molar-refractivity contribution in [1.29, 1.82) is 0 Å². The van der Waals surface area contributed by atoms with Crippen LogP contribution in [0.15, 0.2) is 18.2 Å². The largest absolute Gasteiger partial charge is 1.00 e. The van der Waals surface area contributed by atoms with E-state index in [2.05, 4.69) is 0 Å². The van der Waals surface area contributed by atoms with Crippen molar-refractivity contribution in [1.82, 2.24) is 0 Å². The molecule has 3 nitrogen and oxygen atoms in total. The van der Waals surface area contributed by atoms with Gasteiger partial charge in [-0.25, -0.2) is 0 Å². The predicted octanol–water partition coefficient (Wildman–Crippen LogP) is 0.0954. The lowest BCUT2D eigenvalue weighted by Gasteiger charge is -1.97. The fraction of sp³-hybridized carbons (Fsp3) is 0.250. The summed E-state index contributed by atoms with van der Waals surface area (Å²) in [6.45, 7) is 3.79. The quantitative estimate of drug-likeness (QED) is 0.301. The Bertz CT molecular complexity index is 346. The van der Waals surface area contributed by atoms with E-state index in [4.69, 9.17) is 0 Å². The van der Waals surface area contributed by atoms with Gasteiger partial charge >= 0.3 is 7.54 Å². The van der Waals surface area contributed by atoms with Gasteiger partial charge in [0.1, 0.15) is 0 Å². The second-order valence-corrected chi connectivity index (χ2v) is 2.77. The maximum absolute atomic E-state index is 10.3. The Hall–Kier alpha value is -1.60. The van der Waals surface area contributed by atoms with Gasteiger partial charge in [0.2, 0.25) is 0 Å². The Kier molecular flexibility index (Phi) is 8.06. The minimum absolute atomic E-state index is 0. The Labute approximate surface area is 90.0 Å². The third-order valence-electron chi connectivity index (χ3n) is 1.70. The van der Waals surface area contributed by atoms with Crippen molar-refractivity contribution >= 4 is 13.2 Å². The summed E-state index contributed by atoms with van der Waals surface area (Å²) in [6.07, 6.45) is 0. The van der Waals surface area contributed by atoms with Crippen LogP contribution in [0.5, 0.6) is 0 Å². The Morgan fingerprint density at radius 2 is 1.62 bits per heavy atom. The Balaban J connectivity index is 0. The molecule has 1 aromatic rings. The van der Waals surface area contributed by atoms with Crippen LogP contribution in [-0.4, -0.2) is 12.5 Å². The van der Waals surface area contributed by atoms with E-state index in [-0.39, 0.29) is 15.3 Å². The molecule has 0 heterocycles. The number of aryl methyl sites for hydroxylation is 2. The summed E-state index contributed by atoms with van der Waals surface area (Å²) in [5.74, 6) is 0. The van der Waals surface area contributed by atoms with Gasteiger partial charge in [0.25, 0.3) is 5.69 Å². The second kappa shape index (κ2) is 7.66. The molecule has 0 aliphatic rings. The van der Waals surface area contributed by atoms with Crippen LogP contribution in [-0.2, 0) is 0 Å². The average Bonchev–Trinajstić information content (AvgIpc) is 2.08. The van der Waals surface area contributed by atoms with Gasteiger partial charge < -0.3 is 4.70 Å². The van der Waals surface area contributed by atoms with E-state index in [1.807, 2.05) is 13.8 Å². The minimum Gasteiger partial charge on any atom is -1.00 e. The van der Waals surface area contributed by atoms with Crippen LogP contribution >= 0.6 is 0 Å². The van der Waals surface area contributed by atoms with Crippen LogP contribution in [0.3, 0.4) is 0 Å². The zero-order chi connectivity index (χ0) is 12.0. The molecule has 0 fully saturated rings. The molecule has 0 bridgehead atoms. The molecule has 1 rings (SSSR count). The Morgan fingerprint density at radius 1 is 1.19 bits per heavy atom. The SMILES string of the molecule is Cc1ccc([N+](=O)[O-])cc1C.FB(F)F.[F-]. The van der Waals surface area contributed by atoms with Crippen LogP contribution in [0.4, 0.5) is 18.6 Å². The van der Waals surface area contributed by atoms with Gasteiger partial charge in [-0.1, -0.05) is 6.07 Å². The molecule has 90 valence electrons. The first kappa shape index (κ1) is 16.8. The molecule has 16 heavy (non-hydrogen) atoms. The molecule has 0 aliphatic carbocycles. The summed E-state index contributed by atoms with van der Waals surface area (Å²) >= 11 is 0. The number of rotatable bonds is 1. The van der Waals surface area contributed by atoms with Crippen molar-refractivity contribution in [2.75, 3.05) is 0 Å². The molecule has 0 aliphatic heterocycles. The summed E-state index contributed by atoms with van der Waals surface area (Å²) in [5.41, 5.74) is 2.20. The molecular weight excluding hydrogens is 229 g/mol. The van der Waals surface area contributed by atoms with Crippen LogP contribution in [0.2, 0.25) is 0 Å². The third-order valence-corrected chi connectivity index (χ3v) is 1.70. The topological polar surface area (TPSA) is 43.1 Å². The van der Waals surface area contributed by atoms with Crippen molar-refractivity contribution in [3.8, 4) is 0 Å². The van der Waals surface area contributed by atoms with Crippen molar-refractivity contribution in [2.24, 2.45) is 0 Å². The molecule has 8 heteroatoms. The highest BCUT2D eigenvalue weighted by Gasteiger charge is 2.06. The minimum atomic E-state index is -3.67. The molecule has 0 aromatic heterocycles. The Morgan fingerprint density at radius 3 is 1.94 bits per heavy atom. The first-order valence-electron chi connectivity index (χ1n) is 3.98. The summed E-state index contributed by atoms with van der Waals surface area (Å²) in [7, 11) is -3.67. The second-order valence-electron chi connectivity index (χ2n) is 2.77. The summed E-state index contributed by atoms with van der Waals surface area (Å²) in [4.78, 5) is 9.89. The fourth-order valence-corrected chi connectivity index (χ4v) is 0.839. The molecule has 0 amide bonds. The number of non-ortho nitro benzene ring substituents is 1. The molecule has 0 spiro atoms.